The fraction of sp³-hybridized carbons (Fsp3) is 0.769. The zero-order valence-electron chi connectivity index (χ0n) is 12.3. The number of ether oxygens (including phenoxy) is 2. The molecule has 0 aromatic rings. The molecule has 0 aliphatic carbocycles. The minimum absolute atomic E-state index is 0.0591. The number of carbonyl (C=O) groups excluding carboxylic acids is 3. The van der Waals surface area contributed by atoms with Crippen molar-refractivity contribution in [2.45, 2.75) is 44.9 Å². The van der Waals surface area contributed by atoms with Gasteiger partial charge in [-0.1, -0.05) is 0 Å². The first-order chi connectivity index (χ1) is 10.0. The molecule has 1 aliphatic heterocycles. The molecule has 0 spiro atoms. The van der Waals surface area contributed by atoms with Crippen LogP contribution in [-0.2, 0) is 23.9 Å². The second-order valence-corrected chi connectivity index (χ2v) is 4.58. The van der Waals surface area contributed by atoms with Crippen LogP contribution in [-0.4, -0.2) is 60.9 Å². The molecule has 0 aromatic carbocycles. The number of amides is 1. The van der Waals surface area contributed by atoms with E-state index < -0.39 is 36.0 Å². The van der Waals surface area contributed by atoms with Crippen molar-refractivity contribution in [3.05, 3.63) is 0 Å². The fourth-order valence-electron chi connectivity index (χ4n) is 2.02. The summed E-state index contributed by atoms with van der Waals surface area (Å²) in [5.74, 6) is -2.30. The van der Waals surface area contributed by atoms with E-state index in [1.165, 1.54) is 0 Å². The second-order valence-electron chi connectivity index (χ2n) is 4.58. The third-order valence-electron chi connectivity index (χ3n) is 3.06. The molecule has 1 heterocycles. The van der Waals surface area contributed by atoms with Crippen molar-refractivity contribution in [1.29, 1.82) is 0 Å². The van der Waals surface area contributed by atoms with Crippen LogP contribution in [0.3, 0.4) is 0 Å². The molecule has 1 aliphatic rings. The van der Waals surface area contributed by atoms with Crippen molar-refractivity contribution in [3.63, 3.8) is 0 Å². The molecule has 8 heteroatoms. The fourth-order valence-corrected chi connectivity index (χ4v) is 2.02. The van der Waals surface area contributed by atoms with Crippen LogP contribution < -0.4 is 10.6 Å². The Kier molecular flexibility index (Phi) is 7.10. The Hall–Kier alpha value is -1.67. The number of hydrogen-bond acceptors (Lipinski definition) is 7. The van der Waals surface area contributed by atoms with Crippen LogP contribution in [0.5, 0.6) is 0 Å². The van der Waals surface area contributed by atoms with E-state index in [0.717, 1.165) is 6.42 Å². The van der Waals surface area contributed by atoms with Gasteiger partial charge in [-0.2, -0.15) is 0 Å². The summed E-state index contributed by atoms with van der Waals surface area (Å²) in [5, 5.41) is 15.2. The Morgan fingerprint density at radius 1 is 1.24 bits per heavy atom. The highest BCUT2D eigenvalue weighted by Gasteiger charge is 2.37. The van der Waals surface area contributed by atoms with Crippen LogP contribution >= 0.6 is 0 Å². The lowest BCUT2D eigenvalue weighted by Gasteiger charge is -2.22. The molecule has 0 radical (unpaired) electrons. The summed E-state index contributed by atoms with van der Waals surface area (Å²) in [4.78, 5) is 35.4. The Morgan fingerprint density at radius 3 is 2.38 bits per heavy atom. The van der Waals surface area contributed by atoms with E-state index in [1.807, 2.05) is 0 Å². The molecule has 120 valence electrons. The second kappa shape index (κ2) is 8.58. The average molecular weight is 302 g/mol. The summed E-state index contributed by atoms with van der Waals surface area (Å²) in [6, 6.07) is -1.91. The average Bonchev–Trinajstić information content (AvgIpc) is 2.98. The minimum Gasteiger partial charge on any atom is -0.464 e. The monoisotopic (exact) mass is 302 g/mol. The lowest BCUT2D eigenvalue weighted by atomic mass is 10.1. The highest BCUT2D eigenvalue weighted by molar-refractivity contribution is 5.92. The quantitative estimate of drug-likeness (QED) is 0.501. The first kappa shape index (κ1) is 17.4. The molecule has 1 rings (SSSR count). The number of carbonyl (C=O) groups is 3. The molecule has 1 fully saturated rings. The predicted octanol–water partition coefficient (Wildman–Crippen LogP) is -1.29. The topological polar surface area (TPSA) is 114 Å². The van der Waals surface area contributed by atoms with Gasteiger partial charge in [0.25, 0.3) is 0 Å². The van der Waals surface area contributed by atoms with Gasteiger partial charge in [0.1, 0.15) is 0 Å². The molecule has 0 bridgehead atoms. The van der Waals surface area contributed by atoms with E-state index >= 15 is 0 Å². The Bertz CT molecular complexity index is 381. The Morgan fingerprint density at radius 2 is 1.86 bits per heavy atom. The summed E-state index contributed by atoms with van der Waals surface area (Å²) in [6.45, 7) is 4.01. The van der Waals surface area contributed by atoms with Crippen LogP contribution in [0.4, 0.5) is 0 Å². The molecular weight excluding hydrogens is 280 g/mol. The molecule has 21 heavy (non-hydrogen) atoms. The van der Waals surface area contributed by atoms with E-state index in [0.29, 0.717) is 13.0 Å². The standard InChI is InChI=1S/C13H22N2O6/c1-3-20-12(18)9(10(16)13(19)21-4-2)15-11(17)8-6-5-7-14-8/h8-10,14,16H,3-7H2,1-2H3,(H,15,17)/t8-,9+,10-/m0/s1. The van der Waals surface area contributed by atoms with E-state index in [4.69, 9.17) is 4.74 Å². The van der Waals surface area contributed by atoms with Gasteiger partial charge >= 0.3 is 11.9 Å². The molecule has 8 nitrogen and oxygen atoms in total. The summed E-state index contributed by atoms with van der Waals surface area (Å²) in [6.07, 6.45) is -0.311. The van der Waals surface area contributed by atoms with Crippen molar-refractivity contribution in [3.8, 4) is 0 Å². The summed E-state index contributed by atoms with van der Waals surface area (Å²) >= 11 is 0. The summed E-state index contributed by atoms with van der Waals surface area (Å²) in [7, 11) is 0. The van der Waals surface area contributed by atoms with E-state index in [1.54, 1.807) is 13.8 Å². The first-order valence-corrected chi connectivity index (χ1v) is 7.06. The van der Waals surface area contributed by atoms with Crippen molar-refractivity contribution < 1.29 is 29.0 Å². The third-order valence-corrected chi connectivity index (χ3v) is 3.06. The van der Waals surface area contributed by atoms with Gasteiger partial charge in [0.05, 0.1) is 19.3 Å². The van der Waals surface area contributed by atoms with E-state index in [-0.39, 0.29) is 13.2 Å². The van der Waals surface area contributed by atoms with Crippen LogP contribution in [0.1, 0.15) is 26.7 Å². The smallest absolute Gasteiger partial charge is 0.337 e. The maximum Gasteiger partial charge on any atom is 0.337 e. The Balaban J connectivity index is 2.73. The maximum atomic E-state index is 12.0. The van der Waals surface area contributed by atoms with Crippen molar-refractivity contribution in [2.75, 3.05) is 19.8 Å². The van der Waals surface area contributed by atoms with Crippen LogP contribution in [0.15, 0.2) is 0 Å². The molecule has 1 amide bonds. The highest BCUT2D eigenvalue weighted by atomic mass is 16.6. The number of nitrogens with one attached hydrogen (secondary N) is 2. The van der Waals surface area contributed by atoms with E-state index in [2.05, 4.69) is 15.4 Å². The van der Waals surface area contributed by atoms with Crippen LogP contribution in [0.2, 0.25) is 0 Å². The zero-order valence-corrected chi connectivity index (χ0v) is 12.3. The van der Waals surface area contributed by atoms with E-state index in [9.17, 15) is 19.5 Å². The van der Waals surface area contributed by atoms with Crippen LogP contribution in [0.25, 0.3) is 0 Å². The molecule has 3 atom stereocenters. The van der Waals surface area contributed by atoms with Gasteiger partial charge in [-0.05, 0) is 33.2 Å². The van der Waals surface area contributed by atoms with Crippen molar-refractivity contribution >= 4 is 17.8 Å². The number of rotatable bonds is 7. The third kappa shape index (κ3) is 4.98. The predicted molar refractivity (Wildman–Crippen MR) is 72.2 cm³/mol. The Labute approximate surface area is 123 Å². The largest absolute Gasteiger partial charge is 0.464 e. The normalized spacial score (nSPS) is 20.4. The number of aliphatic hydroxyl groups excluding tert-OH is 1. The van der Waals surface area contributed by atoms with Gasteiger partial charge in [0.2, 0.25) is 5.91 Å². The lowest BCUT2D eigenvalue weighted by molar-refractivity contribution is -0.163. The SMILES string of the molecule is CCOC(=O)[C@@H](O)[C@@H](NC(=O)[C@@H]1CCCN1)C(=O)OCC. The number of esters is 2. The molecule has 0 unspecified atom stereocenters. The minimum atomic E-state index is -1.80. The molecule has 1 saturated heterocycles. The van der Waals surface area contributed by atoms with Gasteiger partial charge in [-0.3, -0.25) is 4.79 Å². The van der Waals surface area contributed by atoms with Gasteiger partial charge in [-0.25, -0.2) is 9.59 Å². The van der Waals surface area contributed by atoms with Crippen molar-refractivity contribution in [1.82, 2.24) is 10.6 Å². The molecule has 0 saturated carbocycles. The van der Waals surface area contributed by atoms with Crippen LogP contribution in [0, 0.1) is 0 Å². The molecule has 0 aromatic heterocycles. The van der Waals surface area contributed by atoms with Gasteiger partial charge < -0.3 is 25.2 Å². The first-order valence-electron chi connectivity index (χ1n) is 7.06. The highest BCUT2D eigenvalue weighted by Crippen LogP contribution is 2.07. The van der Waals surface area contributed by atoms with Gasteiger partial charge in [0, 0.05) is 0 Å². The summed E-state index contributed by atoms with van der Waals surface area (Å²) < 4.78 is 9.43. The molecular formula is C13H22N2O6. The van der Waals surface area contributed by atoms with Gasteiger partial charge in [-0.15, -0.1) is 0 Å². The molecule has 3 N–H and O–H groups in total. The van der Waals surface area contributed by atoms with Crippen molar-refractivity contribution in [2.24, 2.45) is 0 Å². The summed E-state index contributed by atoms with van der Waals surface area (Å²) in [5.41, 5.74) is 0. The number of aliphatic hydroxyl groups is 1. The number of hydrogen-bond donors (Lipinski definition) is 3. The maximum absolute atomic E-state index is 12.0. The lowest BCUT2D eigenvalue weighted by Crippen LogP contribution is -2.56. The van der Waals surface area contributed by atoms with Gasteiger partial charge in [0.15, 0.2) is 12.1 Å². The zero-order chi connectivity index (χ0) is 15.8.